The molecule has 0 saturated heterocycles. The molecule has 72 valence electrons. The van der Waals surface area contributed by atoms with Crippen LogP contribution in [0.25, 0.3) is 0 Å². The summed E-state index contributed by atoms with van der Waals surface area (Å²) in [7, 11) is 0. The molecule has 0 fully saturated rings. The first-order valence-electron chi connectivity index (χ1n) is 4.68. The second kappa shape index (κ2) is 3.36. The number of nitrogens with one attached hydrogen (secondary N) is 1. The maximum Gasteiger partial charge on any atom is 0.251 e. The van der Waals surface area contributed by atoms with Gasteiger partial charge in [-0.05, 0) is 23.5 Å². The van der Waals surface area contributed by atoms with E-state index in [1.54, 1.807) is 6.20 Å². The molecule has 0 aliphatic carbocycles. The largest absolute Gasteiger partial charge is 0.329 e. The minimum absolute atomic E-state index is 0.0509. The maximum absolute atomic E-state index is 11.5. The van der Waals surface area contributed by atoms with Crippen molar-refractivity contribution in [3.05, 3.63) is 33.7 Å². The highest BCUT2D eigenvalue weighted by Crippen LogP contribution is 2.23. The number of aromatic nitrogens is 1. The van der Waals surface area contributed by atoms with Crippen LogP contribution in [0, 0.1) is 0 Å². The lowest BCUT2D eigenvalue weighted by atomic mass is 9.84. The Hall–Kier alpha value is -1.05. The predicted octanol–water partition coefficient (Wildman–Crippen LogP) is 2.23. The van der Waals surface area contributed by atoms with Crippen LogP contribution in [0.3, 0.4) is 0 Å². The Kier molecular flexibility index (Phi) is 2.60. The molecule has 0 atom stereocenters. The normalized spacial score (nSPS) is 11.7. The Bertz CT molecular complexity index is 344. The van der Waals surface area contributed by atoms with Gasteiger partial charge in [-0.1, -0.05) is 27.7 Å². The third-order valence-electron chi connectivity index (χ3n) is 2.23. The average molecular weight is 179 g/mol. The zero-order valence-electron chi connectivity index (χ0n) is 8.77. The molecule has 0 bridgehead atoms. The lowest BCUT2D eigenvalue weighted by Crippen LogP contribution is -2.22. The van der Waals surface area contributed by atoms with Crippen molar-refractivity contribution in [1.82, 2.24) is 4.98 Å². The molecule has 0 aliphatic rings. The van der Waals surface area contributed by atoms with Crippen molar-refractivity contribution >= 4 is 0 Å². The first kappa shape index (κ1) is 10.0. The van der Waals surface area contributed by atoms with Gasteiger partial charge in [0, 0.05) is 11.8 Å². The number of hydrogen-bond donors (Lipinski definition) is 1. The highest BCUT2D eigenvalue weighted by atomic mass is 16.1. The molecule has 0 saturated carbocycles. The summed E-state index contributed by atoms with van der Waals surface area (Å²) in [4.78, 5) is 14.2. The topological polar surface area (TPSA) is 32.9 Å². The summed E-state index contributed by atoms with van der Waals surface area (Å²) in [6.07, 6.45) is 2.52. The van der Waals surface area contributed by atoms with Gasteiger partial charge in [-0.2, -0.15) is 0 Å². The van der Waals surface area contributed by atoms with Crippen molar-refractivity contribution in [2.45, 2.75) is 39.5 Å². The fourth-order valence-electron chi connectivity index (χ4n) is 1.56. The van der Waals surface area contributed by atoms with Gasteiger partial charge in [-0.25, -0.2) is 0 Å². The smallest absolute Gasteiger partial charge is 0.251 e. The van der Waals surface area contributed by atoms with Gasteiger partial charge in [0.25, 0.3) is 5.56 Å². The highest BCUT2D eigenvalue weighted by molar-refractivity contribution is 5.29. The van der Waals surface area contributed by atoms with Crippen molar-refractivity contribution < 1.29 is 0 Å². The van der Waals surface area contributed by atoms with Crippen LogP contribution >= 0.6 is 0 Å². The van der Waals surface area contributed by atoms with Crippen molar-refractivity contribution in [2.75, 3.05) is 0 Å². The summed E-state index contributed by atoms with van der Waals surface area (Å²) in [5.74, 6) is 0. The van der Waals surface area contributed by atoms with Crippen LogP contribution < -0.4 is 5.56 Å². The Morgan fingerprint density at radius 3 is 2.38 bits per heavy atom. The van der Waals surface area contributed by atoms with E-state index in [0.717, 1.165) is 17.5 Å². The van der Waals surface area contributed by atoms with Crippen LogP contribution in [0.15, 0.2) is 17.1 Å². The molecule has 2 heteroatoms. The van der Waals surface area contributed by atoms with Gasteiger partial charge in [0.15, 0.2) is 0 Å². The number of aromatic amines is 1. The van der Waals surface area contributed by atoms with Crippen molar-refractivity contribution in [1.29, 1.82) is 0 Å². The molecule has 0 radical (unpaired) electrons. The lowest BCUT2D eigenvalue weighted by Gasteiger charge is -2.21. The quantitative estimate of drug-likeness (QED) is 0.704. The van der Waals surface area contributed by atoms with E-state index in [1.807, 2.05) is 13.0 Å². The number of pyridine rings is 1. The van der Waals surface area contributed by atoms with Crippen LogP contribution in [-0.4, -0.2) is 4.98 Å². The average Bonchev–Trinajstić information content (AvgIpc) is 2.02. The Labute approximate surface area is 79.0 Å². The molecule has 0 spiro atoms. The SMILES string of the molecule is CCc1c(C(C)(C)C)cc[nH]c1=O. The molecule has 13 heavy (non-hydrogen) atoms. The lowest BCUT2D eigenvalue weighted by molar-refractivity contribution is 0.580. The van der Waals surface area contributed by atoms with Gasteiger partial charge in [0.1, 0.15) is 0 Å². The summed E-state index contributed by atoms with van der Waals surface area (Å²) in [5.41, 5.74) is 2.17. The maximum atomic E-state index is 11.5. The van der Waals surface area contributed by atoms with Gasteiger partial charge in [0.2, 0.25) is 0 Å². The Morgan fingerprint density at radius 1 is 1.38 bits per heavy atom. The van der Waals surface area contributed by atoms with Gasteiger partial charge in [-0.3, -0.25) is 4.79 Å². The molecule has 2 nitrogen and oxygen atoms in total. The Morgan fingerprint density at radius 2 is 2.00 bits per heavy atom. The minimum atomic E-state index is 0.0509. The monoisotopic (exact) mass is 179 g/mol. The molecular weight excluding hydrogens is 162 g/mol. The summed E-state index contributed by atoms with van der Waals surface area (Å²) < 4.78 is 0. The molecule has 1 heterocycles. The van der Waals surface area contributed by atoms with E-state index >= 15 is 0 Å². The van der Waals surface area contributed by atoms with Crippen LogP contribution in [0.5, 0.6) is 0 Å². The second-order valence-corrected chi connectivity index (χ2v) is 4.30. The molecular formula is C11H17NO. The van der Waals surface area contributed by atoms with Crippen LogP contribution in [0.2, 0.25) is 0 Å². The fraction of sp³-hybridized carbons (Fsp3) is 0.545. The first-order valence-corrected chi connectivity index (χ1v) is 4.68. The summed E-state index contributed by atoms with van der Waals surface area (Å²) in [5, 5.41) is 0. The van der Waals surface area contributed by atoms with Gasteiger partial charge in [-0.15, -0.1) is 0 Å². The van der Waals surface area contributed by atoms with E-state index in [2.05, 4.69) is 25.8 Å². The number of hydrogen-bond acceptors (Lipinski definition) is 1. The van der Waals surface area contributed by atoms with Crippen LogP contribution in [0.1, 0.15) is 38.8 Å². The molecule has 1 aromatic rings. The zero-order valence-corrected chi connectivity index (χ0v) is 8.77. The van der Waals surface area contributed by atoms with Gasteiger partial charge >= 0.3 is 0 Å². The zero-order chi connectivity index (χ0) is 10.1. The third kappa shape index (κ3) is 2.00. The summed E-state index contributed by atoms with van der Waals surface area (Å²) in [6, 6.07) is 2.00. The van der Waals surface area contributed by atoms with E-state index < -0.39 is 0 Å². The van der Waals surface area contributed by atoms with E-state index in [4.69, 9.17) is 0 Å². The van der Waals surface area contributed by atoms with E-state index in [9.17, 15) is 4.79 Å². The van der Waals surface area contributed by atoms with E-state index in [-0.39, 0.29) is 11.0 Å². The molecule has 0 unspecified atom stereocenters. The second-order valence-electron chi connectivity index (χ2n) is 4.30. The summed E-state index contributed by atoms with van der Waals surface area (Å²) in [6.45, 7) is 8.39. The number of H-pyrrole nitrogens is 1. The molecule has 1 aromatic heterocycles. The standard InChI is InChI=1S/C11H17NO/c1-5-8-9(11(2,3)4)6-7-12-10(8)13/h6-7H,5H2,1-4H3,(H,12,13). The minimum Gasteiger partial charge on any atom is -0.329 e. The van der Waals surface area contributed by atoms with Crippen molar-refractivity contribution in [3.63, 3.8) is 0 Å². The van der Waals surface area contributed by atoms with Crippen molar-refractivity contribution in [2.24, 2.45) is 0 Å². The van der Waals surface area contributed by atoms with Gasteiger partial charge < -0.3 is 4.98 Å². The summed E-state index contributed by atoms with van der Waals surface area (Å²) >= 11 is 0. The molecule has 0 aliphatic heterocycles. The van der Waals surface area contributed by atoms with Crippen molar-refractivity contribution in [3.8, 4) is 0 Å². The van der Waals surface area contributed by atoms with E-state index in [1.165, 1.54) is 0 Å². The molecule has 1 rings (SSSR count). The van der Waals surface area contributed by atoms with Crippen LogP contribution in [0.4, 0.5) is 0 Å². The Balaban J connectivity index is 3.38. The fourth-order valence-corrected chi connectivity index (χ4v) is 1.56. The van der Waals surface area contributed by atoms with Gasteiger partial charge in [0.05, 0.1) is 0 Å². The highest BCUT2D eigenvalue weighted by Gasteiger charge is 2.18. The van der Waals surface area contributed by atoms with Crippen LogP contribution in [-0.2, 0) is 11.8 Å². The predicted molar refractivity (Wildman–Crippen MR) is 55.1 cm³/mol. The molecule has 1 N–H and O–H groups in total. The molecule has 0 aromatic carbocycles. The first-order chi connectivity index (χ1) is 5.96. The van der Waals surface area contributed by atoms with E-state index in [0.29, 0.717) is 0 Å². The molecule has 0 amide bonds. The number of rotatable bonds is 1. The third-order valence-corrected chi connectivity index (χ3v) is 2.23.